The minimum Gasteiger partial charge on any atom is -0.382 e. The average Bonchev–Trinajstić information content (AvgIpc) is 4.10. The molecule has 5 N–H and O–H groups in total. The second kappa shape index (κ2) is 17.8. The molecule has 7 aromatic heterocycles. The molecule has 1 saturated heterocycles. The SMILES string of the molecule is CC#CC(=O)N1CCC[C@H]1c1nc(-c2ccc(C(=O)Nc3ccccn3)cc2)c2c(N)nccn12.C[C@H](Nc1ncnc2nc[nH]c12)c1cc2ccc(F)cc2nc1-c1ccccn1. The quantitative estimate of drug-likeness (QED) is 0.109. The number of hydrogen-bond donors (Lipinski definition) is 4. The molecule has 0 radical (unpaired) electrons. The van der Waals surface area contributed by atoms with Gasteiger partial charge in [0.15, 0.2) is 11.5 Å². The maximum atomic E-state index is 13.7. The Morgan fingerprint density at radius 2 is 1.73 bits per heavy atom. The maximum Gasteiger partial charge on any atom is 0.299 e. The lowest BCUT2D eigenvalue weighted by molar-refractivity contribution is -0.126. The van der Waals surface area contributed by atoms with Gasteiger partial charge in [0.05, 0.1) is 35.3 Å². The molecule has 0 unspecified atom stereocenters. The number of nitrogen functional groups attached to an aromatic ring is 1. The van der Waals surface area contributed by atoms with Crippen LogP contribution in [0.15, 0.2) is 122 Å². The number of benzene rings is 2. The first kappa shape index (κ1) is 40.7. The van der Waals surface area contributed by atoms with Crippen LogP contribution in [0.2, 0.25) is 0 Å². The Balaban J connectivity index is 0.000000165. The van der Waals surface area contributed by atoms with Crippen LogP contribution in [0.5, 0.6) is 0 Å². The molecule has 9 aromatic rings. The molecule has 2 aromatic carbocycles. The molecule has 0 aliphatic carbocycles. The van der Waals surface area contributed by atoms with Crippen LogP contribution in [-0.4, -0.2) is 72.5 Å². The number of anilines is 3. The van der Waals surface area contributed by atoms with Crippen LogP contribution in [-0.2, 0) is 4.79 Å². The van der Waals surface area contributed by atoms with Crippen molar-refractivity contribution in [3.8, 4) is 34.5 Å². The lowest BCUT2D eigenvalue weighted by Crippen LogP contribution is -2.30. The summed E-state index contributed by atoms with van der Waals surface area (Å²) in [4.78, 5) is 65.1. The Morgan fingerprint density at radius 3 is 2.52 bits per heavy atom. The summed E-state index contributed by atoms with van der Waals surface area (Å²) in [5, 5.41) is 7.04. The average molecular weight is 851 g/mol. The number of rotatable bonds is 8. The van der Waals surface area contributed by atoms with Crippen molar-refractivity contribution in [2.45, 2.75) is 38.8 Å². The van der Waals surface area contributed by atoms with Gasteiger partial charge in [-0.05, 0) is 87.2 Å². The van der Waals surface area contributed by atoms with Crippen LogP contribution in [0, 0.1) is 17.7 Å². The zero-order chi connectivity index (χ0) is 44.2. The van der Waals surface area contributed by atoms with Gasteiger partial charge in [0, 0.05) is 59.5 Å². The van der Waals surface area contributed by atoms with E-state index in [0.717, 1.165) is 40.6 Å². The molecule has 0 saturated carbocycles. The van der Waals surface area contributed by atoms with Gasteiger partial charge in [-0.15, -0.1) is 0 Å². The molecule has 1 aliphatic heterocycles. The van der Waals surface area contributed by atoms with E-state index < -0.39 is 0 Å². The number of halogens is 1. The van der Waals surface area contributed by atoms with Crippen molar-refractivity contribution >= 4 is 56.9 Å². The molecule has 316 valence electrons. The number of pyridine rings is 3. The van der Waals surface area contributed by atoms with Crippen LogP contribution in [0.1, 0.15) is 60.5 Å². The molecule has 1 fully saturated rings. The minimum absolute atomic E-state index is 0.157. The van der Waals surface area contributed by atoms with E-state index in [1.165, 1.54) is 18.5 Å². The lowest BCUT2D eigenvalue weighted by atomic mass is 10.0. The lowest BCUT2D eigenvalue weighted by Gasteiger charge is -2.21. The van der Waals surface area contributed by atoms with Gasteiger partial charge in [0.1, 0.15) is 46.3 Å². The van der Waals surface area contributed by atoms with E-state index in [-0.39, 0.29) is 29.7 Å². The summed E-state index contributed by atoms with van der Waals surface area (Å²) in [6, 6.07) is 24.3. The van der Waals surface area contributed by atoms with Gasteiger partial charge < -0.3 is 26.3 Å². The summed E-state index contributed by atoms with van der Waals surface area (Å²) in [6.07, 6.45) is 11.5. The third-order valence-corrected chi connectivity index (χ3v) is 10.7. The summed E-state index contributed by atoms with van der Waals surface area (Å²) < 4.78 is 15.6. The number of imidazole rings is 2. The van der Waals surface area contributed by atoms with Crippen molar-refractivity contribution in [2.24, 2.45) is 0 Å². The van der Waals surface area contributed by atoms with E-state index in [9.17, 15) is 14.0 Å². The van der Waals surface area contributed by atoms with E-state index in [4.69, 9.17) is 15.7 Å². The molecule has 0 bridgehead atoms. The molecule has 2 atom stereocenters. The molecular weight excluding hydrogens is 812 g/mol. The van der Waals surface area contributed by atoms with Crippen molar-refractivity contribution in [3.05, 3.63) is 145 Å². The number of hydrogen-bond acceptors (Lipinski definition) is 12. The fourth-order valence-electron chi connectivity index (χ4n) is 7.74. The van der Waals surface area contributed by atoms with Gasteiger partial charge in [0.2, 0.25) is 0 Å². The number of amides is 2. The molecule has 0 spiro atoms. The molecule has 8 heterocycles. The van der Waals surface area contributed by atoms with E-state index in [1.807, 2.05) is 47.7 Å². The fourth-order valence-corrected chi connectivity index (χ4v) is 7.74. The first-order valence-electron chi connectivity index (χ1n) is 20.4. The number of aromatic nitrogens is 10. The smallest absolute Gasteiger partial charge is 0.299 e. The highest BCUT2D eigenvalue weighted by Gasteiger charge is 2.33. The fraction of sp³-hybridized carbons (Fsp3) is 0.149. The number of aromatic amines is 1. The van der Waals surface area contributed by atoms with Crippen LogP contribution in [0.4, 0.5) is 21.8 Å². The molecule has 17 heteroatoms. The standard InChI is InChI=1S/C26H23N7O2.C21H16FN7/c1-2-6-21(34)32-15-5-7-19(32)25-31-22(23-24(27)29-14-16-33(23)25)17-9-11-18(12-10-17)26(35)30-20-8-3-4-13-28-20;1-12(28-21-19-20(25-10-24-19)26-11-27-21)15-8-13-5-6-14(22)9-17(13)29-18(15)16-4-2-3-7-23-16/h3-4,8-14,16,19H,5,7,15H2,1H3,(H2,27,29)(H,28,30,35);2-12H,1H3,(H2,24,25,26,27,28)/t19-;12-/m00/s1. The number of H-pyrrole nitrogens is 1. The summed E-state index contributed by atoms with van der Waals surface area (Å²) in [5.74, 6) is 6.71. The van der Waals surface area contributed by atoms with Gasteiger partial charge in [-0.25, -0.2) is 39.3 Å². The highest BCUT2D eigenvalue weighted by Crippen LogP contribution is 2.37. The van der Waals surface area contributed by atoms with E-state index in [1.54, 1.807) is 79.3 Å². The van der Waals surface area contributed by atoms with Crippen molar-refractivity contribution < 1.29 is 14.0 Å². The number of fused-ring (bicyclic) bond motifs is 3. The highest BCUT2D eigenvalue weighted by atomic mass is 19.1. The summed E-state index contributed by atoms with van der Waals surface area (Å²) >= 11 is 0. The number of nitrogens with one attached hydrogen (secondary N) is 3. The number of likely N-dealkylation sites (tertiary alicyclic amines) is 1. The normalized spacial score (nSPS) is 13.8. The Kier molecular flexibility index (Phi) is 11.3. The van der Waals surface area contributed by atoms with Crippen molar-refractivity contribution in [3.63, 3.8) is 0 Å². The van der Waals surface area contributed by atoms with E-state index in [2.05, 4.69) is 57.4 Å². The third kappa shape index (κ3) is 8.22. The Morgan fingerprint density at radius 1 is 0.906 bits per heavy atom. The van der Waals surface area contributed by atoms with E-state index >= 15 is 0 Å². The number of nitrogens with zero attached hydrogens (tertiary/aromatic N) is 10. The van der Waals surface area contributed by atoms with Crippen LogP contribution in [0.3, 0.4) is 0 Å². The summed E-state index contributed by atoms with van der Waals surface area (Å²) in [5.41, 5.74) is 13.1. The Hall–Kier alpha value is -8.65. The van der Waals surface area contributed by atoms with Crippen LogP contribution >= 0.6 is 0 Å². The van der Waals surface area contributed by atoms with Gasteiger partial charge in [0.25, 0.3) is 11.8 Å². The predicted octanol–water partition coefficient (Wildman–Crippen LogP) is 7.59. The van der Waals surface area contributed by atoms with Crippen LogP contribution in [0.25, 0.3) is 50.2 Å². The Bertz CT molecular complexity index is 3220. The topological polar surface area (TPSA) is 211 Å². The summed E-state index contributed by atoms with van der Waals surface area (Å²) in [6.45, 7) is 4.30. The Labute approximate surface area is 365 Å². The first-order valence-corrected chi connectivity index (χ1v) is 20.4. The monoisotopic (exact) mass is 850 g/mol. The molecule has 2 amide bonds. The highest BCUT2D eigenvalue weighted by molar-refractivity contribution is 6.04. The van der Waals surface area contributed by atoms with E-state index in [0.29, 0.717) is 63.5 Å². The predicted molar refractivity (Wildman–Crippen MR) is 241 cm³/mol. The van der Waals surface area contributed by atoms with Crippen molar-refractivity contribution in [1.82, 2.24) is 54.2 Å². The van der Waals surface area contributed by atoms with Crippen LogP contribution < -0.4 is 16.4 Å². The largest absolute Gasteiger partial charge is 0.382 e. The molecular formula is C47H39FN14O2. The second-order valence-corrected chi connectivity index (χ2v) is 14.8. The number of carbonyl (C=O) groups is 2. The number of carbonyl (C=O) groups excluding carboxylic acids is 2. The molecule has 64 heavy (non-hydrogen) atoms. The van der Waals surface area contributed by atoms with Gasteiger partial charge in [-0.2, -0.15) is 0 Å². The van der Waals surface area contributed by atoms with Crippen molar-refractivity contribution in [2.75, 3.05) is 22.9 Å². The summed E-state index contributed by atoms with van der Waals surface area (Å²) in [7, 11) is 0. The zero-order valence-electron chi connectivity index (χ0n) is 34.6. The minimum atomic E-state index is -0.321. The zero-order valence-corrected chi connectivity index (χ0v) is 34.6. The van der Waals surface area contributed by atoms with Gasteiger partial charge in [-0.1, -0.05) is 30.2 Å². The van der Waals surface area contributed by atoms with Gasteiger partial charge in [-0.3, -0.25) is 19.0 Å². The second-order valence-electron chi connectivity index (χ2n) is 14.8. The maximum absolute atomic E-state index is 13.7. The molecule has 16 nitrogen and oxygen atoms in total. The first-order chi connectivity index (χ1) is 31.2. The third-order valence-electron chi connectivity index (χ3n) is 10.7. The molecule has 1 aliphatic rings. The van der Waals surface area contributed by atoms with Gasteiger partial charge >= 0.3 is 0 Å². The van der Waals surface area contributed by atoms with Crippen molar-refractivity contribution in [1.29, 1.82) is 0 Å². The molecule has 10 rings (SSSR count). The number of nitrogens with two attached hydrogens (primary N) is 1.